The van der Waals surface area contributed by atoms with Gasteiger partial charge in [0.1, 0.15) is 5.76 Å². The number of hydrogen-bond donors (Lipinski definition) is 0. The first-order valence-corrected chi connectivity index (χ1v) is 9.64. The summed E-state index contributed by atoms with van der Waals surface area (Å²) in [6.07, 6.45) is 0. The van der Waals surface area contributed by atoms with Crippen molar-refractivity contribution < 1.29 is 27.6 Å². The van der Waals surface area contributed by atoms with Gasteiger partial charge in [0.05, 0.1) is 11.3 Å². The standard InChI is InChI=1S/C21H17F2NO4S/c1-12-16(13(2)28-24-12)11-29-20-6-4-3-5-15(20)21(26)27-10-19(25)14-7-8-17(22)18(23)9-14/h3-9H,10-11H2,1-2H3. The second kappa shape index (κ2) is 9.00. The molecule has 0 amide bonds. The highest BCUT2D eigenvalue weighted by Gasteiger charge is 2.17. The fourth-order valence-corrected chi connectivity index (χ4v) is 3.77. The number of ether oxygens (including phenoxy) is 1. The Balaban J connectivity index is 1.66. The first-order chi connectivity index (χ1) is 13.9. The molecule has 0 aliphatic rings. The first-order valence-electron chi connectivity index (χ1n) is 8.65. The molecule has 0 radical (unpaired) electrons. The quantitative estimate of drug-likeness (QED) is 0.309. The van der Waals surface area contributed by atoms with Crippen LogP contribution in [0.2, 0.25) is 0 Å². The van der Waals surface area contributed by atoms with E-state index < -0.39 is 30.0 Å². The van der Waals surface area contributed by atoms with Crippen molar-refractivity contribution in [1.29, 1.82) is 0 Å². The van der Waals surface area contributed by atoms with Crippen molar-refractivity contribution in [1.82, 2.24) is 5.16 Å². The maximum atomic E-state index is 13.3. The third kappa shape index (κ3) is 4.89. The molecule has 0 bridgehead atoms. The summed E-state index contributed by atoms with van der Waals surface area (Å²) in [5, 5.41) is 3.91. The molecule has 29 heavy (non-hydrogen) atoms. The van der Waals surface area contributed by atoms with Crippen molar-refractivity contribution in [3.63, 3.8) is 0 Å². The van der Waals surface area contributed by atoms with Gasteiger partial charge in [0.2, 0.25) is 0 Å². The second-order valence-corrected chi connectivity index (χ2v) is 7.23. The summed E-state index contributed by atoms with van der Waals surface area (Å²) in [5.74, 6) is -2.22. The van der Waals surface area contributed by atoms with Gasteiger partial charge in [-0.25, -0.2) is 13.6 Å². The molecular formula is C21H17F2NO4S. The SMILES string of the molecule is Cc1noc(C)c1CSc1ccccc1C(=O)OCC(=O)c1ccc(F)c(F)c1. The highest BCUT2D eigenvalue weighted by molar-refractivity contribution is 7.98. The van der Waals surface area contributed by atoms with Crippen LogP contribution in [0.3, 0.4) is 0 Å². The lowest BCUT2D eigenvalue weighted by Gasteiger charge is -2.09. The van der Waals surface area contributed by atoms with Crippen molar-refractivity contribution in [2.75, 3.05) is 6.61 Å². The second-order valence-electron chi connectivity index (χ2n) is 6.22. The van der Waals surface area contributed by atoms with Gasteiger partial charge >= 0.3 is 5.97 Å². The van der Waals surface area contributed by atoms with E-state index in [1.54, 1.807) is 24.3 Å². The third-order valence-electron chi connectivity index (χ3n) is 4.24. The molecule has 0 aliphatic carbocycles. The van der Waals surface area contributed by atoms with Crippen molar-refractivity contribution in [2.24, 2.45) is 0 Å². The van der Waals surface area contributed by atoms with E-state index in [4.69, 9.17) is 9.26 Å². The van der Waals surface area contributed by atoms with Crippen LogP contribution in [0.1, 0.15) is 37.7 Å². The summed E-state index contributed by atoms with van der Waals surface area (Å²) in [7, 11) is 0. The number of rotatable bonds is 7. The summed E-state index contributed by atoms with van der Waals surface area (Å²) in [6, 6.07) is 9.62. The first kappa shape index (κ1) is 20.7. The van der Waals surface area contributed by atoms with E-state index in [1.165, 1.54) is 11.8 Å². The average Bonchev–Trinajstić information content (AvgIpc) is 3.04. The average molecular weight is 417 g/mol. The smallest absolute Gasteiger partial charge is 0.339 e. The number of nitrogens with zero attached hydrogens (tertiary/aromatic N) is 1. The summed E-state index contributed by atoms with van der Waals surface area (Å²) in [5.41, 5.74) is 1.97. The van der Waals surface area contributed by atoms with E-state index in [0.717, 1.165) is 29.5 Å². The fourth-order valence-electron chi connectivity index (χ4n) is 2.58. The van der Waals surface area contributed by atoms with Crippen LogP contribution in [0.4, 0.5) is 8.78 Å². The number of halogens is 2. The van der Waals surface area contributed by atoms with E-state index in [0.29, 0.717) is 22.0 Å². The lowest BCUT2D eigenvalue weighted by Crippen LogP contribution is -2.15. The zero-order chi connectivity index (χ0) is 21.0. The molecule has 0 aliphatic heterocycles. The molecule has 8 heteroatoms. The molecule has 3 aromatic rings. The van der Waals surface area contributed by atoms with Crippen LogP contribution in [-0.2, 0) is 10.5 Å². The Morgan fingerprint density at radius 3 is 2.55 bits per heavy atom. The number of hydrogen-bond acceptors (Lipinski definition) is 6. The fraction of sp³-hybridized carbons (Fsp3) is 0.190. The number of ketones is 1. The number of benzene rings is 2. The van der Waals surface area contributed by atoms with Crippen LogP contribution in [0.5, 0.6) is 0 Å². The van der Waals surface area contributed by atoms with Gasteiger partial charge in [0.15, 0.2) is 24.0 Å². The van der Waals surface area contributed by atoms with Gasteiger partial charge < -0.3 is 9.26 Å². The number of aryl methyl sites for hydroxylation is 2. The minimum absolute atomic E-state index is 0.0715. The lowest BCUT2D eigenvalue weighted by molar-refractivity contribution is 0.0471. The third-order valence-corrected chi connectivity index (χ3v) is 5.34. The van der Waals surface area contributed by atoms with E-state index >= 15 is 0 Å². The minimum Gasteiger partial charge on any atom is -0.454 e. The summed E-state index contributed by atoms with van der Waals surface area (Å²) < 4.78 is 36.5. The largest absolute Gasteiger partial charge is 0.454 e. The summed E-state index contributed by atoms with van der Waals surface area (Å²) in [4.78, 5) is 25.2. The predicted molar refractivity (Wildman–Crippen MR) is 103 cm³/mol. The van der Waals surface area contributed by atoms with Crippen LogP contribution in [0, 0.1) is 25.5 Å². The molecule has 0 N–H and O–H groups in total. The Bertz CT molecular complexity index is 1050. The predicted octanol–water partition coefficient (Wildman–Crippen LogP) is 4.90. The monoisotopic (exact) mass is 417 g/mol. The number of esters is 1. The molecule has 1 heterocycles. The molecule has 0 fully saturated rings. The van der Waals surface area contributed by atoms with Gasteiger partial charge in [0.25, 0.3) is 0 Å². The van der Waals surface area contributed by atoms with E-state index in [-0.39, 0.29) is 5.56 Å². The van der Waals surface area contributed by atoms with Gasteiger partial charge in [-0.1, -0.05) is 17.3 Å². The number of aromatic nitrogens is 1. The van der Waals surface area contributed by atoms with Crippen LogP contribution in [0.15, 0.2) is 51.9 Å². The van der Waals surface area contributed by atoms with Gasteiger partial charge in [-0.15, -0.1) is 11.8 Å². The molecule has 5 nitrogen and oxygen atoms in total. The minimum atomic E-state index is -1.14. The molecule has 0 saturated carbocycles. The normalized spacial score (nSPS) is 10.8. The highest BCUT2D eigenvalue weighted by atomic mass is 32.2. The van der Waals surface area contributed by atoms with E-state index in [2.05, 4.69) is 5.16 Å². The lowest BCUT2D eigenvalue weighted by atomic mass is 10.1. The van der Waals surface area contributed by atoms with Crippen LogP contribution in [-0.4, -0.2) is 23.5 Å². The van der Waals surface area contributed by atoms with Crippen LogP contribution < -0.4 is 0 Å². The molecule has 1 aromatic heterocycles. The van der Waals surface area contributed by atoms with Crippen molar-refractivity contribution in [2.45, 2.75) is 24.5 Å². The molecule has 2 aromatic carbocycles. The maximum absolute atomic E-state index is 13.3. The van der Waals surface area contributed by atoms with E-state index in [1.807, 2.05) is 13.8 Å². The number of carbonyl (C=O) groups is 2. The number of thioether (sulfide) groups is 1. The Morgan fingerprint density at radius 2 is 1.86 bits per heavy atom. The van der Waals surface area contributed by atoms with Gasteiger partial charge in [0, 0.05) is 21.8 Å². The Kier molecular flexibility index (Phi) is 6.43. The van der Waals surface area contributed by atoms with Crippen molar-refractivity contribution in [3.05, 3.63) is 82.2 Å². The van der Waals surface area contributed by atoms with Gasteiger partial charge in [-0.05, 0) is 44.2 Å². The maximum Gasteiger partial charge on any atom is 0.339 e. The number of carbonyl (C=O) groups excluding carboxylic acids is 2. The topological polar surface area (TPSA) is 69.4 Å². The number of Topliss-reactive ketones (excluding diaryl/α,β-unsaturated/α-hetero) is 1. The van der Waals surface area contributed by atoms with Crippen LogP contribution >= 0.6 is 11.8 Å². The Hall–Kier alpha value is -3.00. The molecule has 150 valence electrons. The summed E-state index contributed by atoms with van der Waals surface area (Å²) >= 11 is 1.42. The van der Waals surface area contributed by atoms with E-state index in [9.17, 15) is 18.4 Å². The summed E-state index contributed by atoms with van der Waals surface area (Å²) in [6.45, 7) is 3.09. The molecule has 3 rings (SSSR count). The molecule has 0 saturated heterocycles. The Labute approximate surface area is 170 Å². The molecule has 0 atom stereocenters. The Morgan fingerprint density at radius 1 is 1.10 bits per heavy atom. The van der Waals surface area contributed by atoms with Gasteiger partial charge in [-0.2, -0.15) is 0 Å². The zero-order valence-corrected chi connectivity index (χ0v) is 16.5. The highest BCUT2D eigenvalue weighted by Crippen LogP contribution is 2.29. The molecular weight excluding hydrogens is 400 g/mol. The van der Waals surface area contributed by atoms with Crippen molar-refractivity contribution in [3.8, 4) is 0 Å². The molecule has 0 unspecified atom stereocenters. The molecule has 0 spiro atoms. The zero-order valence-electron chi connectivity index (χ0n) is 15.7. The van der Waals surface area contributed by atoms with Crippen LogP contribution in [0.25, 0.3) is 0 Å². The van der Waals surface area contributed by atoms with Crippen molar-refractivity contribution >= 4 is 23.5 Å². The van der Waals surface area contributed by atoms with Gasteiger partial charge in [-0.3, -0.25) is 4.79 Å².